The molecule has 0 radical (unpaired) electrons. The molecule has 0 aromatic heterocycles. The van der Waals surface area contributed by atoms with Gasteiger partial charge in [0.2, 0.25) is 0 Å². The summed E-state index contributed by atoms with van der Waals surface area (Å²) in [6, 6.07) is 5.80. The van der Waals surface area contributed by atoms with Gasteiger partial charge in [-0.2, -0.15) is 0 Å². The summed E-state index contributed by atoms with van der Waals surface area (Å²) in [7, 11) is 8.57. The molecule has 2 atom stereocenters. The summed E-state index contributed by atoms with van der Waals surface area (Å²) < 4.78 is 11.8. The van der Waals surface area contributed by atoms with E-state index in [9.17, 15) is 0 Å². The van der Waals surface area contributed by atoms with Gasteiger partial charge in [-0.25, -0.2) is 0 Å². The van der Waals surface area contributed by atoms with Crippen molar-refractivity contribution in [2.24, 2.45) is 0 Å². The minimum absolute atomic E-state index is 0.600. The minimum Gasteiger partial charge on any atom is -0.385 e. The van der Waals surface area contributed by atoms with Crippen LogP contribution in [-0.2, 0) is 9.47 Å². The van der Waals surface area contributed by atoms with Crippen molar-refractivity contribution in [3.63, 3.8) is 0 Å². The molecule has 7 heteroatoms. The van der Waals surface area contributed by atoms with Crippen LogP contribution in [-0.4, -0.2) is 54.8 Å². The SMILES string of the molecule is CCC[SiH](CCC)C(CCCSSSCCCC(OC)[SiH](CCC)CCC)OC. The molecule has 0 fully saturated rings. The van der Waals surface area contributed by atoms with Crippen LogP contribution < -0.4 is 0 Å². The number of rotatable bonds is 22. The van der Waals surface area contributed by atoms with Gasteiger partial charge in [-0.3, -0.25) is 0 Å². The van der Waals surface area contributed by atoms with E-state index in [1.165, 1.54) is 87.0 Å². The first-order chi connectivity index (χ1) is 14.2. The lowest BCUT2D eigenvalue weighted by atomic mass is 10.3. The second-order valence-electron chi connectivity index (χ2n) is 8.22. The molecule has 0 spiro atoms. The van der Waals surface area contributed by atoms with Gasteiger partial charge in [0.15, 0.2) is 0 Å². The molecule has 0 aliphatic heterocycles. The normalized spacial score (nSPS) is 14.1. The molecule has 0 aliphatic carbocycles. The molecule has 0 N–H and O–H groups in total. The summed E-state index contributed by atoms with van der Waals surface area (Å²) in [6.45, 7) is 9.32. The van der Waals surface area contributed by atoms with E-state index < -0.39 is 17.6 Å². The van der Waals surface area contributed by atoms with Crippen LogP contribution in [0.25, 0.3) is 0 Å². The molecule has 29 heavy (non-hydrogen) atoms. The van der Waals surface area contributed by atoms with E-state index in [2.05, 4.69) is 27.7 Å². The Balaban J connectivity index is 3.85. The molecule has 0 amide bonds. The van der Waals surface area contributed by atoms with E-state index in [1.54, 1.807) is 0 Å². The Hall–Kier alpha value is 1.40. The van der Waals surface area contributed by atoms with Gasteiger partial charge in [0.25, 0.3) is 0 Å². The zero-order chi connectivity index (χ0) is 21.7. The van der Waals surface area contributed by atoms with E-state index >= 15 is 0 Å². The topological polar surface area (TPSA) is 18.5 Å². The lowest BCUT2D eigenvalue weighted by Crippen LogP contribution is -2.32. The fourth-order valence-electron chi connectivity index (χ4n) is 4.40. The average Bonchev–Trinajstić information content (AvgIpc) is 2.72. The van der Waals surface area contributed by atoms with Crippen LogP contribution in [0, 0.1) is 0 Å². The number of hydrogen-bond donors (Lipinski definition) is 0. The smallest absolute Gasteiger partial charge is 0.0716 e. The monoisotopic (exact) mass is 498 g/mol. The molecule has 176 valence electrons. The van der Waals surface area contributed by atoms with E-state index in [4.69, 9.17) is 9.47 Å². The fourth-order valence-corrected chi connectivity index (χ4v) is 15.5. The van der Waals surface area contributed by atoms with Gasteiger partial charge in [-0.15, -0.1) is 0 Å². The highest BCUT2D eigenvalue weighted by Crippen LogP contribution is 2.36. The van der Waals surface area contributed by atoms with Gasteiger partial charge in [-0.05, 0) is 35.5 Å². The summed E-state index contributed by atoms with van der Waals surface area (Å²) in [5.74, 6) is 2.53. The Labute approximate surface area is 198 Å². The standard InChI is InChI=1S/C22H50O2S3Si2/c1-7-17-28(18-8-2)21(23-5)13-11-15-25-27-26-16-12-14-22(24-6)29(19-9-3)20-10-4/h21-22,28-29H,7-20H2,1-6H3. The number of methoxy groups -OCH3 is 2. The van der Waals surface area contributed by atoms with E-state index in [0.717, 1.165) is 0 Å². The molecule has 2 nitrogen and oxygen atoms in total. The Morgan fingerprint density at radius 1 is 0.621 bits per heavy atom. The number of ether oxygens (including phenoxy) is 2. The van der Waals surface area contributed by atoms with Gasteiger partial charge < -0.3 is 9.47 Å². The maximum absolute atomic E-state index is 5.90. The Morgan fingerprint density at radius 2 is 0.966 bits per heavy atom. The fraction of sp³-hybridized carbons (Fsp3) is 1.00. The van der Waals surface area contributed by atoms with Crippen molar-refractivity contribution in [1.29, 1.82) is 0 Å². The molecule has 0 aromatic rings. The molecule has 0 heterocycles. The first-order valence-electron chi connectivity index (χ1n) is 12.1. The lowest BCUT2D eigenvalue weighted by molar-refractivity contribution is 0.152. The van der Waals surface area contributed by atoms with Gasteiger partial charge in [0.05, 0.1) is 17.6 Å². The van der Waals surface area contributed by atoms with Crippen LogP contribution in [0.3, 0.4) is 0 Å². The first kappa shape index (κ1) is 30.4. The van der Waals surface area contributed by atoms with Crippen LogP contribution in [0.4, 0.5) is 0 Å². The van der Waals surface area contributed by atoms with Crippen molar-refractivity contribution in [3.05, 3.63) is 0 Å². The van der Waals surface area contributed by atoms with Crippen LogP contribution in [0.1, 0.15) is 79.1 Å². The molecule has 0 saturated heterocycles. The lowest BCUT2D eigenvalue weighted by Gasteiger charge is -2.24. The molecule has 0 aliphatic rings. The van der Waals surface area contributed by atoms with Gasteiger partial charge in [0.1, 0.15) is 0 Å². The van der Waals surface area contributed by atoms with E-state index in [-0.39, 0.29) is 0 Å². The zero-order valence-electron chi connectivity index (χ0n) is 20.3. The maximum Gasteiger partial charge on any atom is 0.0716 e. The van der Waals surface area contributed by atoms with Crippen molar-refractivity contribution in [3.8, 4) is 0 Å². The molecule has 0 aromatic carbocycles. The largest absolute Gasteiger partial charge is 0.385 e. The van der Waals surface area contributed by atoms with Crippen LogP contribution in [0.15, 0.2) is 0 Å². The van der Waals surface area contributed by atoms with Crippen LogP contribution in [0.2, 0.25) is 24.2 Å². The maximum atomic E-state index is 5.90. The van der Waals surface area contributed by atoms with Gasteiger partial charge >= 0.3 is 0 Å². The zero-order valence-corrected chi connectivity index (χ0v) is 25.0. The van der Waals surface area contributed by atoms with Crippen molar-refractivity contribution < 1.29 is 9.47 Å². The van der Waals surface area contributed by atoms with Crippen molar-refractivity contribution in [2.45, 2.75) is 115 Å². The van der Waals surface area contributed by atoms with Crippen molar-refractivity contribution in [2.75, 3.05) is 25.7 Å². The Bertz CT molecular complexity index is 299. The highest BCUT2D eigenvalue weighted by atomic mass is 33.5. The molecule has 0 bridgehead atoms. The Kier molecular flexibility index (Phi) is 23.7. The predicted molar refractivity (Wildman–Crippen MR) is 147 cm³/mol. The summed E-state index contributed by atoms with van der Waals surface area (Å²) in [5.41, 5.74) is 1.20. The third kappa shape index (κ3) is 15.8. The Morgan fingerprint density at radius 3 is 1.24 bits per heavy atom. The van der Waals surface area contributed by atoms with Crippen molar-refractivity contribution >= 4 is 49.0 Å². The second kappa shape index (κ2) is 22.6. The molecule has 0 rings (SSSR count). The molecule has 0 saturated carbocycles. The summed E-state index contributed by atoms with van der Waals surface area (Å²) in [6.07, 6.45) is 10.5. The predicted octanol–water partition coefficient (Wildman–Crippen LogP) is 7.78. The highest BCUT2D eigenvalue weighted by Gasteiger charge is 2.22. The third-order valence-electron chi connectivity index (χ3n) is 5.82. The van der Waals surface area contributed by atoms with E-state index in [1.807, 2.05) is 45.6 Å². The van der Waals surface area contributed by atoms with Crippen LogP contribution in [0.5, 0.6) is 0 Å². The molecule has 2 unspecified atom stereocenters. The molecular formula is C22H50O2S3Si2. The quantitative estimate of drug-likeness (QED) is 0.0859. The third-order valence-corrected chi connectivity index (χ3v) is 18.8. The van der Waals surface area contributed by atoms with Gasteiger partial charge in [0, 0.05) is 37.2 Å². The number of hydrogen-bond acceptors (Lipinski definition) is 5. The second-order valence-corrected chi connectivity index (χ2v) is 19.5. The summed E-state index contributed by atoms with van der Waals surface area (Å²) in [5, 5.41) is 0. The van der Waals surface area contributed by atoms with Crippen LogP contribution >= 0.6 is 31.4 Å². The highest BCUT2D eigenvalue weighted by molar-refractivity contribution is 9.09. The summed E-state index contributed by atoms with van der Waals surface area (Å²) in [4.78, 5) is 0. The molecular weight excluding hydrogens is 449 g/mol. The van der Waals surface area contributed by atoms with Gasteiger partial charge in [-0.1, -0.05) is 99.1 Å². The minimum atomic E-state index is -0.708. The van der Waals surface area contributed by atoms with E-state index in [0.29, 0.717) is 11.5 Å². The first-order valence-corrected chi connectivity index (χ1v) is 20.6. The summed E-state index contributed by atoms with van der Waals surface area (Å²) >= 11 is 0. The average molecular weight is 499 g/mol. The van der Waals surface area contributed by atoms with Crippen molar-refractivity contribution in [1.82, 2.24) is 0 Å².